The smallest absolute Gasteiger partial charge is 0.326 e. The number of benzene rings is 2. The van der Waals surface area contributed by atoms with Gasteiger partial charge in [-0.1, -0.05) is 36.4 Å². The van der Waals surface area contributed by atoms with E-state index in [0.29, 0.717) is 11.1 Å². The summed E-state index contributed by atoms with van der Waals surface area (Å²) in [6, 6.07) is 11.8. The van der Waals surface area contributed by atoms with E-state index in [0.717, 1.165) is 0 Å². The van der Waals surface area contributed by atoms with Crippen molar-refractivity contribution < 1.29 is 23.9 Å². The maximum absolute atomic E-state index is 13.9. The number of carbonyl (C=O) groups excluding carboxylic acids is 2. The van der Waals surface area contributed by atoms with E-state index in [1.807, 2.05) is 6.07 Å². The minimum Gasteiger partial charge on any atom is -0.480 e. The lowest BCUT2D eigenvalue weighted by Gasteiger charge is -2.21. The molecule has 8 heteroatoms. The Morgan fingerprint density at radius 2 is 1.59 bits per heavy atom. The molecule has 2 atom stereocenters. The van der Waals surface area contributed by atoms with E-state index >= 15 is 0 Å². The standard InChI is InChI=1S/C21H20FN3O4/c1-13(26)24-18(11-15-7-4-5-9-17(15)22)20(27)25-19(21(28)29)10-14-6-2-3-8-16(14)12-23/h2-9,18-19H,10-11H2,1H3,(H,24,26)(H,25,27)(H,28,29)/t18-,19-/m1/s1. The van der Waals surface area contributed by atoms with Crippen molar-refractivity contribution in [2.45, 2.75) is 31.8 Å². The monoisotopic (exact) mass is 397 g/mol. The minimum atomic E-state index is -1.33. The van der Waals surface area contributed by atoms with Crippen LogP contribution in [0.5, 0.6) is 0 Å². The number of nitrogens with zero attached hydrogens (tertiary/aromatic N) is 1. The van der Waals surface area contributed by atoms with Gasteiger partial charge in [0, 0.05) is 19.8 Å². The molecule has 0 aromatic heterocycles. The maximum Gasteiger partial charge on any atom is 0.326 e. The van der Waals surface area contributed by atoms with E-state index in [9.17, 15) is 23.9 Å². The van der Waals surface area contributed by atoms with Crippen molar-refractivity contribution >= 4 is 17.8 Å². The molecule has 0 bridgehead atoms. The van der Waals surface area contributed by atoms with Gasteiger partial charge in [-0.2, -0.15) is 5.26 Å². The fourth-order valence-electron chi connectivity index (χ4n) is 2.84. The number of nitriles is 1. The number of aliphatic carboxylic acids is 1. The average Bonchev–Trinajstić information content (AvgIpc) is 2.68. The van der Waals surface area contributed by atoms with Gasteiger partial charge in [0.2, 0.25) is 11.8 Å². The molecular weight excluding hydrogens is 377 g/mol. The molecule has 0 aliphatic rings. The molecule has 7 nitrogen and oxygen atoms in total. The number of halogens is 1. The lowest BCUT2D eigenvalue weighted by Crippen LogP contribution is -2.52. The van der Waals surface area contributed by atoms with Crippen LogP contribution in [-0.2, 0) is 27.2 Å². The Labute approximate surface area is 167 Å². The highest BCUT2D eigenvalue weighted by molar-refractivity contribution is 5.90. The highest BCUT2D eigenvalue weighted by Crippen LogP contribution is 2.12. The van der Waals surface area contributed by atoms with Crippen LogP contribution in [0.1, 0.15) is 23.6 Å². The van der Waals surface area contributed by atoms with Gasteiger partial charge in [-0.3, -0.25) is 9.59 Å². The first kappa shape index (κ1) is 21.6. The molecule has 0 unspecified atom stereocenters. The molecular formula is C21H20FN3O4. The molecule has 2 aromatic carbocycles. The molecule has 0 aliphatic heterocycles. The number of rotatable bonds is 8. The van der Waals surface area contributed by atoms with Crippen LogP contribution in [0.3, 0.4) is 0 Å². The molecule has 0 saturated heterocycles. The van der Waals surface area contributed by atoms with E-state index in [1.165, 1.54) is 25.1 Å². The second kappa shape index (κ2) is 9.99. The highest BCUT2D eigenvalue weighted by Gasteiger charge is 2.27. The first-order chi connectivity index (χ1) is 13.8. The Morgan fingerprint density at radius 1 is 1.00 bits per heavy atom. The topological polar surface area (TPSA) is 119 Å². The zero-order valence-electron chi connectivity index (χ0n) is 15.7. The van der Waals surface area contributed by atoms with Crippen LogP contribution in [0.25, 0.3) is 0 Å². The normalized spacial score (nSPS) is 12.3. The summed E-state index contributed by atoms with van der Waals surface area (Å²) in [4.78, 5) is 35.8. The molecule has 0 saturated carbocycles. The Morgan fingerprint density at radius 3 is 2.17 bits per heavy atom. The zero-order valence-corrected chi connectivity index (χ0v) is 15.7. The van der Waals surface area contributed by atoms with Crippen molar-refractivity contribution in [3.05, 3.63) is 71.0 Å². The summed E-state index contributed by atoms with van der Waals surface area (Å²) >= 11 is 0. The van der Waals surface area contributed by atoms with Crippen LogP contribution in [0, 0.1) is 17.1 Å². The number of hydrogen-bond donors (Lipinski definition) is 3. The number of hydrogen-bond acceptors (Lipinski definition) is 4. The van der Waals surface area contributed by atoms with Crippen molar-refractivity contribution in [3.63, 3.8) is 0 Å². The Kier molecular flexibility index (Phi) is 7.43. The number of carboxylic acids is 1. The van der Waals surface area contributed by atoms with Gasteiger partial charge in [0.25, 0.3) is 0 Å². The van der Waals surface area contributed by atoms with Crippen LogP contribution in [-0.4, -0.2) is 35.0 Å². The van der Waals surface area contributed by atoms with Gasteiger partial charge in [0.05, 0.1) is 11.6 Å². The largest absolute Gasteiger partial charge is 0.480 e. The zero-order chi connectivity index (χ0) is 21.4. The molecule has 2 aromatic rings. The number of carbonyl (C=O) groups is 3. The van der Waals surface area contributed by atoms with Crippen molar-refractivity contribution in [1.82, 2.24) is 10.6 Å². The summed E-state index contributed by atoms with van der Waals surface area (Å²) in [5.74, 6) is -3.10. The maximum atomic E-state index is 13.9. The molecule has 29 heavy (non-hydrogen) atoms. The Balaban J connectivity index is 2.20. The molecule has 0 radical (unpaired) electrons. The third-order valence-corrected chi connectivity index (χ3v) is 4.25. The first-order valence-electron chi connectivity index (χ1n) is 8.83. The average molecular weight is 397 g/mol. The van der Waals surface area contributed by atoms with Gasteiger partial charge in [-0.25, -0.2) is 9.18 Å². The van der Waals surface area contributed by atoms with Crippen molar-refractivity contribution in [2.24, 2.45) is 0 Å². The summed E-state index contributed by atoms with van der Waals surface area (Å²) in [5.41, 5.74) is 0.980. The fourth-order valence-corrected chi connectivity index (χ4v) is 2.84. The van der Waals surface area contributed by atoms with Crippen LogP contribution in [0.4, 0.5) is 4.39 Å². The molecule has 150 valence electrons. The van der Waals surface area contributed by atoms with Crippen LogP contribution >= 0.6 is 0 Å². The van der Waals surface area contributed by atoms with Crippen LogP contribution < -0.4 is 10.6 Å². The molecule has 0 aliphatic carbocycles. The van der Waals surface area contributed by atoms with E-state index in [1.54, 1.807) is 30.3 Å². The summed E-state index contributed by atoms with van der Waals surface area (Å²) in [7, 11) is 0. The Hall–Kier alpha value is -3.73. The minimum absolute atomic E-state index is 0.114. The van der Waals surface area contributed by atoms with Gasteiger partial charge >= 0.3 is 5.97 Å². The van der Waals surface area contributed by atoms with Crippen LogP contribution in [0.15, 0.2) is 48.5 Å². The summed E-state index contributed by atoms with van der Waals surface area (Å²) in [6.45, 7) is 1.21. The second-order valence-corrected chi connectivity index (χ2v) is 6.42. The van der Waals surface area contributed by atoms with Gasteiger partial charge in [-0.05, 0) is 23.3 Å². The summed E-state index contributed by atoms with van der Waals surface area (Å²) in [5, 5.41) is 23.5. The predicted molar refractivity (Wildman–Crippen MR) is 102 cm³/mol. The summed E-state index contributed by atoms with van der Waals surface area (Å²) in [6.07, 6.45) is -0.253. The van der Waals surface area contributed by atoms with Crippen molar-refractivity contribution in [2.75, 3.05) is 0 Å². The Bertz CT molecular complexity index is 955. The molecule has 0 fully saturated rings. The number of carboxylic acid groups (broad SMARTS) is 1. The van der Waals surface area contributed by atoms with Gasteiger partial charge < -0.3 is 15.7 Å². The molecule has 2 amide bonds. The SMILES string of the molecule is CC(=O)N[C@H](Cc1ccccc1F)C(=O)N[C@H](Cc1ccccc1C#N)C(=O)O. The van der Waals surface area contributed by atoms with Gasteiger partial charge in [0.15, 0.2) is 0 Å². The van der Waals surface area contributed by atoms with Gasteiger partial charge in [0.1, 0.15) is 17.9 Å². The van der Waals surface area contributed by atoms with Gasteiger partial charge in [-0.15, -0.1) is 0 Å². The lowest BCUT2D eigenvalue weighted by atomic mass is 10.00. The van der Waals surface area contributed by atoms with Crippen LogP contribution in [0.2, 0.25) is 0 Å². The van der Waals surface area contributed by atoms with E-state index < -0.39 is 35.7 Å². The second-order valence-electron chi connectivity index (χ2n) is 6.42. The molecule has 0 spiro atoms. The molecule has 3 N–H and O–H groups in total. The van der Waals surface area contributed by atoms with E-state index in [2.05, 4.69) is 10.6 Å². The quantitative estimate of drug-likeness (QED) is 0.624. The third kappa shape index (κ3) is 6.14. The van der Waals surface area contributed by atoms with E-state index in [-0.39, 0.29) is 18.4 Å². The van der Waals surface area contributed by atoms with Crippen molar-refractivity contribution in [3.8, 4) is 6.07 Å². The molecule has 2 rings (SSSR count). The fraction of sp³-hybridized carbons (Fsp3) is 0.238. The summed E-state index contributed by atoms with van der Waals surface area (Å²) < 4.78 is 13.9. The van der Waals surface area contributed by atoms with E-state index in [4.69, 9.17) is 5.26 Å². The first-order valence-corrected chi connectivity index (χ1v) is 8.83. The molecule has 0 heterocycles. The lowest BCUT2D eigenvalue weighted by molar-refractivity contribution is -0.142. The number of nitrogens with one attached hydrogen (secondary N) is 2. The third-order valence-electron chi connectivity index (χ3n) is 4.25. The number of amides is 2. The predicted octanol–water partition coefficient (Wildman–Crippen LogP) is 1.56. The van der Waals surface area contributed by atoms with Crippen molar-refractivity contribution in [1.29, 1.82) is 5.26 Å². The highest BCUT2D eigenvalue weighted by atomic mass is 19.1.